The molecule has 0 fully saturated rings. The van der Waals surface area contributed by atoms with Crippen molar-refractivity contribution in [3.8, 4) is 0 Å². The molecule has 4 heteroatoms. The first-order valence-corrected chi connectivity index (χ1v) is 14.0. The van der Waals surface area contributed by atoms with E-state index in [0.717, 1.165) is 25.7 Å². The molecule has 34 heavy (non-hydrogen) atoms. The van der Waals surface area contributed by atoms with Crippen molar-refractivity contribution in [2.45, 2.75) is 124 Å². The number of benzene rings is 1. The molecule has 4 nitrogen and oxygen atoms in total. The normalized spacial score (nSPS) is 11.4. The Hall–Kier alpha value is -1.84. The molecule has 194 valence electrons. The summed E-state index contributed by atoms with van der Waals surface area (Å²) < 4.78 is 11.0. The Morgan fingerprint density at radius 2 is 1.06 bits per heavy atom. The summed E-state index contributed by atoms with van der Waals surface area (Å²) in [5, 5.41) is 0. The molecule has 0 aliphatic heterocycles. The van der Waals surface area contributed by atoms with Crippen molar-refractivity contribution in [2.24, 2.45) is 5.41 Å². The lowest BCUT2D eigenvalue weighted by molar-refractivity contribution is -0.173. The maximum Gasteiger partial charge on any atom is 0.323 e. The molecule has 0 amide bonds. The van der Waals surface area contributed by atoms with Gasteiger partial charge in [-0.05, 0) is 37.7 Å². The van der Waals surface area contributed by atoms with Gasteiger partial charge in [-0.2, -0.15) is 0 Å². The Morgan fingerprint density at radius 1 is 0.618 bits per heavy atom. The maximum absolute atomic E-state index is 12.8. The molecule has 1 rings (SSSR count). The Morgan fingerprint density at radius 3 is 1.53 bits per heavy atom. The first kappa shape index (κ1) is 30.2. The molecule has 0 bridgehead atoms. The zero-order valence-corrected chi connectivity index (χ0v) is 22.2. The molecule has 0 saturated heterocycles. The highest BCUT2D eigenvalue weighted by Crippen LogP contribution is 2.30. The van der Waals surface area contributed by atoms with Crippen LogP contribution in [0.15, 0.2) is 30.3 Å². The van der Waals surface area contributed by atoms with E-state index in [1.165, 1.54) is 69.8 Å². The third-order valence-electron chi connectivity index (χ3n) is 6.91. The molecule has 0 aliphatic rings. The molecular formula is C30H50O4. The lowest BCUT2D eigenvalue weighted by Crippen LogP contribution is -2.41. The van der Waals surface area contributed by atoms with Gasteiger partial charge >= 0.3 is 11.9 Å². The summed E-state index contributed by atoms with van der Waals surface area (Å²) in [5.41, 5.74) is 0.0433. The van der Waals surface area contributed by atoms with Crippen LogP contribution in [0.25, 0.3) is 0 Å². The van der Waals surface area contributed by atoms with Crippen LogP contribution >= 0.6 is 0 Å². The fraction of sp³-hybridized carbons (Fsp3) is 0.733. The van der Waals surface area contributed by atoms with E-state index in [1.807, 2.05) is 32.0 Å². The van der Waals surface area contributed by atoms with Gasteiger partial charge < -0.3 is 9.47 Å². The van der Waals surface area contributed by atoms with Crippen molar-refractivity contribution in [3.63, 3.8) is 0 Å². The lowest BCUT2D eigenvalue weighted by atomic mass is 9.82. The molecule has 0 N–H and O–H groups in total. The molecule has 0 aliphatic carbocycles. The number of hydrogen-bond acceptors (Lipinski definition) is 4. The molecule has 0 spiro atoms. The summed E-state index contributed by atoms with van der Waals surface area (Å²) in [6.45, 7) is 6.69. The van der Waals surface area contributed by atoms with Gasteiger partial charge in [0.25, 0.3) is 0 Å². The van der Waals surface area contributed by atoms with E-state index in [4.69, 9.17) is 9.47 Å². The van der Waals surface area contributed by atoms with Crippen molar-refractivity contribution < 1.29 is 19.1 Å². The molecule has 0 radical (unpaired) electrons. The van der Waals surface area contributed by atoms with Crippen LogP contribution in [0.1, 0.15) is 123 Å². The zero-order chi connectivity index (χ0) is 24.9. The van der Waals surface area contributed by atoms with Gasteiger partial charge in [-0.15, -0.1) is 0 Å². The van der Waals surface area contributed by atoms with Crippen LogP contribution < -0.4 is 0 Å². The van der Waals surface area contributed by atoms with Crippen LogP contribution in [0.5, 0.6) is 0 Å². The van der Waals surface area contributed by atoms with Gasteiger partial charge in [0.1, 0.15) is 0 Å². The molecule has 0 unspecified atom stereocenters. The Bertz CT molecular complexity index is 636. The van der Waals surface area contributed by atoms with E-state index >= 15 is 0 Å². The van der Waals surface area contributed by atoms with Gasteiger partial charge in [0.2, 0.25) is 0 Å². The third-order valence-corrected chi connectivity index (χ3v) is 6.91. The Balaban J connectivity index is 2.18. The summed E-state index contributed by atoms with van der Waals surface area (Å²) in [7, 11) is 0. The van der Waals surface area contributed by atoms with Crippen LogP contribution in [0.4, 0.5) is 0 Å². The number of carbonyl (C=O) groups excluding carboxylic acids is 2. The number of ether oxygens (including phenoxy) is 2. The van der Waals surface area contributed by atoms with E-state index in [2.05, 4.69) is 19.1 Å². The number of hydrogen-bond donors (Lipinski definition) is 0. The lowest BCUT2D eigenvalue weighted by Gasteiger charge is -2.27. The predicted molar refractivity (Wildman–Crippen MR) is 141 cm³/mol. The smallest absolute Gasteiger partial charge is 0.323 e. The van der Waals surface area contributed by atoms with Crippen LogP contribution in [-0.2, 0) is 25.5 Å². The van der Waals surface area contributed by atoms with Gasteiger partial charge in [0.15, 0.2) is 5.41 Å². The van der Waals surface area contributed by atoms with Crippen molar-refractivity contribution in [3.05, 3.63) is 35.9 Å². The van der Waals surface area contributed by atoms with Gasteiger partial charge in [-0.3, -0.25) is 9.59 Å². The summed E-state index contributed by atoms with van der Waals surface area (Å²) in [6.07, 6.45) is 17.6. The molecule has 1 aromatic carbocycles. The summed E-state index contributed by atoms with van der Waals surface area (Å²) in [5.74, 6) is -0.862. The minimum atomic E-state index is -1.18. The number of esters is 2. The highest BCUT2D eigenvalue weighted by atomic mass is 16.6. The van der Waals surface area contributed by atoms with Crippen molar-refractivity contribution in [1.29, 1.82) is 0 Å². The van der Waals surface area contributed by atoms with E-state index in [9.17, 15) is 9.59 Å². The van der Waals surface area contributed by atoms with E-state index in [1.54, 1.807) is 0 Å². The van der Waals surface area contributed by atoms with Crippen LogP contribution in [0.2, 0.25) is 0 Å². The minimum Gasteiger partial charge on any atom is -0.465 e. The Labute approximate surface area is 209 Å². The number of aryl methyl sites for hydroxylation is 1. The van der Waals surface area contributed by atoms with Gasteiger partial charge in [0, 0.05) is 0 Å². The quantitative estimate of drug-likeness (QED) is 0.102. The second-order valence-corrected chi connectivity index (χ2v) is 9.54. The van der Waals surface area contributed by atoms with E-state index in [0.29, 0.717) is 26.1 Å². The van der Waals surface area contributed by atoms with Gasteiger partial charge in [-0.1, -0.05) is 122 Å². The first-order valence-electron chi connectivity index (χ1n) is 14.0. The maximum atomic E-state index is 12.8. The molecule has 0 aromatic heterocycles. The summed E-state index contributed by atoms with van der Waals surface area (Å²) in [4.78, 5) is 25.6. The largest absolute Gasteiger partial charge is 0.465 e. The van der Waals surface area contributed by atoms with E-state index in [-0.39, 0.29) is 0 Å². The molecular weight excluding hydrogens is 424 g/mol. The van der Waals surface area contributed by atoms with Crippen molar-refractivity contribution >= 4 is 11.9 Å². The topological polar surface area (TPSA) is 52.6 Å². The minimum absolute atomic E-state index is 0.321. The second-order valence-electron chi connectivity index (χ2n) is 9.54. The highest BCUT2D eigenvalue weighted by molar-refractivity contribution is 5.99. The Kier molecular flexibility index (Phi) is 17.3. The van der Waals surface area contributed by atoms with Crippen LogP contribution in [0, 0.1) is 5.41 Å². The molecule has 0 saturated carbocycles. The third kappa shape index (κ3) is 12.0. The molecule has 1 aromatic rings. The van der Waals surface area contributed by atoms with Crippen molar-refractivity contribution in [2.75, 3.05) is 13.2 Å². The average molecular weight is 475 g/mol. The highest BCUT2D eigenvalue weighted by Gasteiger charge is 2.45. The standard InChI is InChI=1S/C30H50O4/c1-4-7-8-9-10-11-12-13-14-15-16-20-25-33-28(31)30(5-2,6-3)29(32)34-26-21-24-27-22-18-17-19-23-27/h17-19,22-23H,4-16,20-21,24-26H2,1-3H3. The van der Waals surface area contributed by atoms with Gasteiger partial charge in [0.05, 0.1) is 13.2 Å². The summed E-state index contributed by atoms with van der Waals surface area (Å²) >= 11 is 0. The summed E-state index contributed by atoms with van der Waals surface area (Å²) in [6, 6.07) is 10.1. The monoisotopic (exact) mass is 474 g/mol. The van der Waals surface area contributed by atoms with Gasteiger partial charge in [-0.25, -0.2) is 0 Å². The fourth-order valence-electron chi connectivity index (χ4n) is 4.38. The number of unbranched alkanes of at least 4 members (excludes halogenated alkanes) is 11. The zero-order valence-electron chi connectivity index (χ0n) is 22.2. The van der Waals surface area contributed by atoms with E-state index < -0.39 is 17.4 Å². The average Bonchev–Trinajstić information content (AvgIpc) is 2.86. The van der Waals surface area contributed by atoms with Crippen molar-refractivity contribution in [1.82, 2.24) is 0 Å². The number of carbonyl (C=O) groups is 2. The molecule has 0 heterocycles. The SMILES string of the molecule is CCCCCCCCCCCCCCOC(=O)C(CC)(CC)C(=O)OCCCc1ccccc1. The first-order chi connectivity index (χ1) is 16.6. The van der Waals surface area contributed by atoms with Crippen LogP contribution in [0.3, 0.4) is 0 Å². The number of rotatable bonds is 21. The molecule has 0 atom stereocenters. The predicted octanol–water partition coefficient (Wildman–Crippen LogP) is 8.21. The fourth-order valence-corrected chi connectivity index (χ4v) is 4.38. The second kappa shape index (κ2) is 19.5. The van der Waals surface area contributed by atoms with Crippen LogP contribution in [-0.4, -0.2) is 25.2 Å².